The zero-order chi connectivity index (χ0) is 26.6. The highest BCUT2D eigenvalue weighted by Gasteiger charge is 2.32. The van der Waals surface area contributed by atoms with Gasteiger partial charge in [-0.25, -0.2) is 4.79 Å². The number of hydrogen-bond acceptors (Lipinski definition) is 6. The van der Waals surface area contributed by atoms with Gasteiger partial charge in [0.2, 0.25) is 0 Å². The van der Waals surface area contributed by atoms with Crippen LogP contribution >= 0.6 is 0 Å². The van der Waals surface area contributed by atoms with Gasteiger partial charge in [0.15, 0.2) is 0 Å². The number of nitrogens with one attached hydrogen (secondary N) is 1. The van der Waals surface area contributed by atoms with Gasteiger partial charge in [-0.2, -0.15) is 0 Å². The van der Waals surface area contributed by atoms with Crippen molar-refractivity contribution in [3.63, 3.8) is 0 Å². The number of carbonyl (C=O) groups is 1. The highest BCUT2D eigenvalue weighted by atomic mass is 19.4. The lowest BCUT2D eigenvalue weighted by molar-refractivity contribution is -0.274. The number of nitrogens with zero attached hydrogens (tertiary/aromatic N) is 2. The van der Waals surface area contributed by atoms with Crippen molar-refractivity contribution < 1.29 is 27.4 Å². The minimum Gasteiger partial charge on any atom is -0.468 e. The molecular weight excluding hydrogens is 491 g/mol. The summed E-state index contributed by atoms with van der Waals surface area (Å²) in [7, 11) is 1.56. The van der Waals surface area contributed by atoms with Crippen molar-refractivity contribution in [1.29, 1.82) is 0 Å². The maximum Gasteiger partial charge on any atom is 0.573 e. The van der Waals surface area contributed by atoms with Crippen LogP contribution in [0.1, 0.15) is 28.8 Å². The molecule has 0 amide bonds. The molecule has 0 fully saturated rings. The van der Waals surface area contributed by atoms with E-state index in [-0.39, 0.29) is 32.5 Å². The predicted octanol–water partition coefficient (Wildman–Crippen LogP) is 3.22. The minimum atomic E-state index is -4.86. The minimum absolute atomic E-state index is 0.0307. The number of ether oxygens (including phenoxy) is 2. The second-order valence-corrected chi connectivity index (χ2v) is 8.39. The van der Waals surface area contributed by atoms with Gasteiger partial charge in [-0.1, -0.05) is 42.5 Å². The van der Waals surface area contributed by atoms with Crippen LogP contribution in [0.15, 0.2) is 64.2 Å². The monoisotopic (exact) mass is 515 g/mol. The first-order valence-electron chi connectivity index (χ1n) is 11.4. The Bertz CT molecular complexity index is 1440. The van der Waals surface area contributed by atoms with Gasteiger partial charge in [-0.05, 0) is 29.7 Å². The van der Waals surface area contributed by atoms with Crippen molar-refractivity contribution in [3.05, 3.63) is 97.8 Å². The summed E-state index contributed by atoms with van der Waals surface area (Å²) in [5.74, 6) is -0.391. The SMILES string of the molecule is Cn1c2c(c(=O)n(CCCOC=O)c1=O)C(Cc1ccccc1)=C(c1cccc(OC(F)(F)F)c1)NC2. The zero-order valence-corrected chi connectivity index (χ0v) is 19.9. The van der Waals surface area contributed by atoms with E-state index in [0.29, 0.717) is 34.6 Å². The number of benzene rings is 2. The molecule has 1 aliphatic rings. The third-order valence-electron chi connectivity index (χ3n) is 6.00. The molecule has 1 aromatic heterocycles. The molecule has 3 aromatic rings. The molecule has 0 aliphatic carbocycles. The summed E-state index contributed by atoms with van der Waals surface area (Å²) in [5, 5.41) is 3.20. The topological polar surface area (TPSA) is 91.6 Å². The van der Waals surface area contributed by atoms with Crippen molar-refractivity contribution >= 4 is 17.7 Å². The van der Waals surface area contributed by atoms with Crippen molar-refractivity contribution in [2.75, 3.05) is 6.61 Å². The lowest BCUT2D eigenvalue weighted by atomic mass is 9.90. The van der Waals surface area contributed by atoms with Crippen LogP contribution in [-0.2, 0) is 36.1 Å². The van der Waals surface area contributed by atoms with E-state index < -0.39 is 23.4 Å². The van der Waals surface area contributed by atoms with E-state index in [0.717, 1.165) is 10.1 Å². The lowest BCUT2D eigenvalue weighted by Crippen LogP contribution is -2.45. The van der Waals surface area contributed by atoms with Gasteiger partial charge >= 0.3 is 12.1 Å². The molecule has 2 heterocycles. The number of carbonyl (C=O) groups excluding carboxylic acids is 1. The van der Waals surface area contributed by atoms with Crippen LogP contribution in [0.3, 0.4) is 0 Å². The molecule has 0 radical (unpaired) electrons. The third kappa shape index (κ3) is 5.76. The average molecular weight is 515 g/mol. The molecule has 194 valence electrons. The highest BCUT2D eigenvalue weighted by Crippen LogP contribution is 2.33. The summed E-state index contributed by atoms with van der Waals surface area (Å²) in [6.07, 6.45) is -4.32. The number of alkyl halides is 3. The van der Waals surface area contributed by atoms with Gasteiger partial charge < -0.3 is 14.8 Å². The molecule has 37 heavy (non-hydrogen) atoms. The Hall–Kier alpha value is -4.28. The summed E-state index contributed by atoms with van der Waals surface area (Å²) >= 11 is 0. The Kier molecular flexibility index (Phi) is 7.51. The molecule has 11 heteroatoms. The molecule has 0 saturated carbocycles. The van der Waals surface area contributed by atoms with Crippen LogP contribution in [0.25, 0.3) is 11.3 Å². The maximum absolute atomic E-state index is 13.7. The van der Waals surface area contributed by atoms with Gasteiger partial charge in [0.25, 0.3) is 12.0 Å². The zero-order valence-electron chi connectivity index (χ0n) is 19.9. The van der Waals surface area contributed by atoms with Crippen LogP contribution < -0.4 is 21.3 Å². The normalized spacial score (nSPS) is 13.1. The van der Waals surface area contributed by atoms with Gasteiger partial charge in [-0.3, -0.25) is 18.7 Å². The van der Waals surface area contributed by atoms with Gasteiger partial charge in [-0.15, -0.1) is 13.2 Å². The Morgan fingerprint density at radius 3 is 2.54 bits per heavy atom. The Labute approximate surface area is 209 Å². The number of fused-ring (bicyclic) bond motifs is 1. The van der Waals surface area contributed by atoms with E-state index >= 15 is 0 Å². The van der Waals surface area contributed by atoms with Gasteiger partial charge in [0.1, 0.15) is 5.75 Å². The molecule has 1 aliphatic heterocycles. The fraction of sp³-hybridized carbons (Fsp3) is 0.269. The summed E-state index contributed by atoms with van der Waals surface area (Å²) in [5.41, 5.74) is 2.01. The van der Waals surface area contributed by atoms with Gasteiger partial charge in [0, 0.05) is 31.3 Å². The molecule has 2 aromatic carbocycles. The van der Waals surface area contributed by atoms with Crippen molar-refractivity contribution in [1.82, 2.24) is 14.5 Å². The molecule has 0 unspecified atom stereocenters. The predicted molar refractivity (Wildman–Crippen MR) is 130 cm³/mol. The summed E-state index contributed by atoms with van der Waals surface area (Å²) in [6, 6.07) is 14.8. The first-order chi connectivity index (χ1) is 17.7. The van der Waals surface area contributed by atoms with Crippen molar-refractivity contribution in [3.8, 4) is 5.75 Å². The second kappa shape index (κ2) is 10.8. The summed E-state index contributed by atoms with van der Waals surface area (Å²) in [4.78, 5) is 37.1. The van der Waals surface area contributed by atoms with E-state index in [1.165, 1.54) is 22.8 Å². The number of rotatable bonds is 9. The van der Waals surface area contributed by atoms with Crippen molar-refractivity contribution in [2.45, 2.75) is 32.3 Å². The fourth-order valence-corrected chi connectivity index (χ4v) is 4.38. The molecule has 0 saturated heterocycles. The first-order valence-corrected chi connectivity index (χ1v) is 11.4. The Balaban J connectivity index is 1.90. The fourth-order valence-electron chi connectivity index (χ4n) is 4.38. The van der Waals surface area contributed by atoms with Crippen LogP contribution in [0.5, 0.6) is 5.75 Å². The summed E-state index contributed by atoms with van der Waals surface area (Å²) in [6.45, 7) is 0.483. The molecule has 0 atom stereocenters. The first kappa shape index (κ1) is 25.8. The highest BCUT2D eigenvalue weighted by molar-refractivity contribution is 5.92. The van der Waals surface area contributed by atoms with Crippen LogP contribution in [0.2, 0.25) is 0 Å². The number of allylic oxidation sites excluding steroid dienone is 1. The second-order valence-electron chi connectivity index (χ2n) is 8.39. The molecule has 4 rings (SSSR count). The average Bonchev–Trinajstić information content (AvgIpc) is 2.86. The molecule has 0 bridgehead atoms. The van der Waals surface area contributed by atoms with E-state index in [2.05, 4.69) is 14.8 Å². The van der Waals surface area contributed by atoms with E-state index in [1.807, 2.05) is 30.3 Å². The largest absolute Gasteiger partial charge is 0.573 e. The Morgan fingerprint density at radius 2 is 1.84 bits per heavy atom. The molecular formula is C26H24F3N3O5. The molecule has 0 spiro atoms. The molecule has 8 nitrogen and oxygen atoms in total. The van der Waals surface area contributed by atoms with Crippen LogP contribution in [0.4, 0.5) is 13.2 Å². The van der Waals surface area contributed by atoms with E-state index in [9.17, 15) is 27.6 Å². The lowest BCUT2D eigenvalue weighted by Gasteiger charge is -2.27. The van der Waals surface area contributed by atoms with Crippen LogP contribution in [-0.4, -0.2) is 28.6 Å². The standard InChI is InChI=1S/C26H24F3N3O5/c1-31-21-15-30-23(18-9-5-10-19(14-18)37-26(27,28)29)20(13-17-7-3-2-4-8-17)22(21)24(34)32(25(31)35)11-6-12-36-16-33/h2-5,7-10,14,16,30H,6,11-13,15H2,1H3. The maximum atomic E-state index is 13.7. The Morgan fingerprint density at radius 1 is 1.08 bits per heavy atom. The van der Waals surface area contributed by atoms with Crippen LogP contribution in [0, 0.1) is 0 Å². The van der Waals surface area contributed by atoms with Gasteiger partial charge in [0.05, 0.1) is 24.4 Å². The smallest absolute Gasteiger partial charge is 0.468 e. The molecule has 1 N–H and O–H groups in total. The third-order valence-corrected chi connectivity index (χ3v) is 6.00. The van der Waals surface area contributed by atoms with E-state index in [1.54, 1.807) is 13.1 Å². The van der Waals surface area contributed by atoms with E-state index in [4.69, 9.17) is 0 Å². The van der Waals surface area contributed by atoms with Crippen molar-refractivity contribution in [2.24, 2.45) is 7.05 Å². The number of halogens is 3. The quantitative estimate of drug-likeness (QED) is 0.348. The number of aromatic nitrogens is 2. The summed E-state index contributed by atoms with van der Waals surface area (Å²) < 4.78 is 49.8. The number of hydrogen-bond donors (Lipinski definition) is 1.